The number of methoxy groups -OCH3 is 1. The lowest BCUT2D eigenvalue weighted by atomic mass is 10.00. The molecule has 0 amide bonds. The Morgan fingerprint density at radius 1 is 1.37 bits per heavy atom. The van der Waals surface area contributed by atoms with E-state index in [-0.39, 0.29) is 36.5 Å². The van der Waals surface area contributed by atoms with Crippen molar-refractivity contribution in [2.24, 2.45) is 5.92 Å². The van der Waals surface area contributed by atoms with Crippen molar-refractivity contribution in [3.8, 4) is 0 Å². The molecule has 0 aromatic carbocycles. The minimum Gasteiger partial charge on any atom is -0.376 e. The SMILES string of the molecule is CO[C@H]1CO[C@H](C(C)CP(=O)(O)OC)[C@H]1OC(C)C. The highest BCUT2D eigenvalue weighted by molar-refractivity contribution is 7.52. The van der Waals surface area contributed by atoms with Gasteiger partial charge in [0.05, 0.1) is 25.0 Å². The number of hydrogen-bond donors (Lipinski definition) is 1. The van der Waals surface area contributed by atoms with Crippen molar-refractivity contribution < 1.29 is 28.2 Å². The maximum atomic E-state index is 11.6. The molecule has 19 heavy (non-hydrogen) atoms. The van der Waals surface area contributed by atoms with Crippen LogP contribution in [0.2, 0.25) is 0 Å². The summed E-state index contributed by atoms with van der Waals surface area (Å²) in [6.07, 6.45) is -0.541. The quantitative estimate of drug-likeness (QED) is 0.720. The molecule has 7 heteroatoms. The molecule has 0 spiro atoms. The van der Waals surface area contributed by atoms with Crippen LogP contribution in [0.25, 0.3) is 0 Å². The van der Waals surface area contributed by atoms with Gasteiger partial charge in [-0.15, -0.1) is 0 Å². The van der Waals surface area contributed by atoms with Gasteiger partial charge >= 0.3 is 7.60 Å². The molecule has 1 saturated heterocycles. The first-order chi connectivity index (χ1) is 8.80. The highest BCUT2D eigenvalue weighted by atomic mass is 31.2. The van der Waals surface area contributed by atoms with Crippen LogP contribution in [0.15, 0.2) is 0 Å². The maximum absolute atomic E-state index is 11.6. The molecule has 0 radical (unpaired) electrons. The zero-order valence-electron chi connectivity index (χ0n) is 12.2. The monoisotopic (exact) mass is 296 g/mol. The standard InChI is InChI=1S/C12H25O6P/c1-8(2)18-12-10(15-4)6-17-11(12)9(3)7-19(13,14)16-5/h8-12H,6-7H2,1-5H3,(H,13,14)/t9?,10-,11+,12-/m0/s1. The third kappa shape index (κ3) is 4.81. The molecule has 5 atom stereocenters. The van der Waals surface area contributed by atoms with Gasteiger partial charge in [0.1, 0.15) is 12.2 Å². The molecule has 1 rings (SSSR count). The molecule has 1 heterocycles. The first-order valence-electron chi connectivity index (χ1n) is 6.48. The van der Waals surface area contributed by atoms with Gasteiger partial charge in [-0.1, -0.05) is 6.92 Å². The van der Waals surface area contributed by atoms with Gasteiger partial charge in [0.2, 0.25) is 0 Å². The van der Waals surface area contributed by atoms with Crippen molar-refractivity contribution in [1.82, 2.24) is 0 Å². The van der Waals surface area contributed by atoms with Gasteiger partial charge in [-0.2, -0.15) is 0 Å². The smallest absolute Gasteiger partial charge is 0.328 e. The summed E-state index contributed by atoms with van der Waals surface area (Å²) in [6, 6.07) is 0. The summed E-state index contributed by atoms with van der Waals surface area (Å²) >= 11 is 0. The van der Waals surface area contributed by atoms with E-state index >= 15 is 0 Å². The highest BCUT2D eigenvalue weighted by Gasteiger charge is 2.43. The van der Waals surface area contributed by atoms with E-state index < -0.39 is 7.60 Å². The third-order valence-electron chi connectivity index (χ3n) is 3.24. The summed E-state index contributed by atoms with van der Waals surface area (Å²) in [4.78, 5) is 9.55. The van der Waals surface area contributed by atoms with Crippen molar-refractivity contribution in [1.29, 1.82) is 0 Å². The Labute approximate surface area is 114 Å². The van der Waals surface area contributed by atoms with Crippen LogP contribution in [0, 0.1) is 5.92 Å². The van der Waals surface area contributed by atoms with Crippen LogP contribution in [0.1, 0.15) is 20.8 Å². The average molecular weight is 296 g/mol. The molecule has 2 unspecified atom stereocenters. The van der Waals surface area contributed by atoms with Crippen LogP contribution in [-0.4, -0.2) is 56.3 Å². The van der Waals surface area contributed by atoms with Crippen LogP contribution in [0.3, 0.4) is 0 Å². The topological polar surface area (TPSA) is 74.2 Å². The van der Waals surface area contributed by atoms with Crippen molar-refractivity contribution in [3.63, 3.8) is 0 Å². The Bertz CT molecular complexity index is 321. The lowest BCUT2D eigenvalue weighted by Crippen LogP contribution is -2.40. The predicted molar refractivity (Wildman–Crippen MR) is 71.4 cm³/mol. The van der Waals surface area contributed by atoms with E-state index in [1.54, 1.807) is 7.11 Å². The largest absolute Gasteiger partial charge is 0.376 e. The van der Waals surface area contributed by atoms with Crippen LogP contribution in [0.5, 0.6) is 0 Å². The molecule has 1 aliphatic heterocycles. The van der Waals surface area contributed by atoms with E-state index in [1.165, 1.54) is 7.11 Å². The van der Waals surface area contributed by atoms with Gasteiger partial charge in [0.15, 0.2) is 0 Å². The lowest BCUT2D eigenvalue weighted by molar-refractivity contribution is -0.0843. The Kier molecular flexibility index (Phi) is 6.43. The highest BCUT2D eigenvalue weighted by Crippen LogP contribution is 2.44. The molecule has 0 aromatic heterocycles. The van der Waals surface area contributed by atoms with Gasteiger partial charge in [-0.05, 0) is 19.8 Å². The van der Waals surface area contributed by atoms with Gasteiger partial charge < -0.3 is 23.6 Å². The summed E-state index contributed by atoms with van der Waals surface area (Å²) < 4.78 is 33.1. The summed E-state index contributed by atoms with van der Waals surface area (Å²) in [6.45, 7) is 6.19. The summed E-state index contributed by atoms with van der Waals surface area (Å²) in [7, 11) is -0.693. The molecule has 1 N–H and O–H groups in total. The minimum absolute atomic E-state index is 0.0439. The van der Waals surface area contributed by atoms with E-state index in [2.05, 4.69) is 4.52 Å². The molecule has 0 bridgehead atoms. The molecule has 0 saturated carbocycles. The average Bonchev–Trinajstić information content (AvgIpc) is 2.70. The zero-order chi connectivity index (χ0) is 14.6. The maximum Gasteiger partial charge on any atom is 0.328 e. The molecule has 1 aliphatic rings. The summed E-state index contributed by atoms with van der Waals surface area (Å²) in [5, 5.41) is 0. The fourth-order valence-electron chi connectivity index (χ4n) is 2.32. The molecule has 1 fully saturated rings. The van der Waals surface area contributed by atoms with Crippen molar-refractivity contribution in [2.45, 2.75) is 45.2 Å². The van der Waals surface area contributed by atoms with Crippen molar-refractivity contribution in [2.75, 3.05) is 27.0 Å². The second-order valence-electron chi connectivity index (χ2n) is 5.20. The Morgan fingerprint density at radius 3 is 2.47 bits per heavy atom. The normalized spacial score (nSPS) is 32.5. The van der Waals surface area contributed by atoms with Gasteiger partial charge in [-0.25, -0.2) is 0 Å². The molecule has 6 nitrogen and oxygen atoms in total. The number of ether oxygens (including phenoxy) is 3. The number of rotatable bonds is 7. The molecular weight excluding hydrogens is 271 g/mol. The molecular formula is C12H25O6P. The molecule has 114 valence electrons. The Balaban J connectivity index is 2.71. The Hall–Kier alpha value is 0.0300. The third-order valence-corrected chi connectivity index (χ3v) is 4.85. The minimum atomic E-state index is -3.55. The van der Waals surface area contributed by atoms with E-state index in [1.807, 2.05) is 20.8 Å². The van der Waals surface area contributed by atoms with E-state index in [0.29, 0.717) is 6.61 Å². The van der Waals surface area contributed by atoms with Crippen molar-refractivity contribution in [3.05, 3.63) is 0 Å². The van der Waals surface area contributed by atoms with Crippen LogP contribution >= 0.6 is 7.60 Å². The van der Waals surface area contributed by atoms with Gasteiger partial charge in [0, 0.05) is 14.2 Å². The fraction of sp³-hybridized carbons (Fsp3) is 1.00. The first kappa shape index (κ1) is 17.1. The number of hydrogen-bond acceptors (Lipinski definition) is 5. The summed E-state index contributed by atoms with van der Waals surface area (Å²) in [5.41, 5.74) is 0. The second-order valence-corrected chi connectivity index (χ2v) is 7.21. The van der Waals surface area contributed by atoms with Crippen LogP contribution in [0.4, 0.5) is 0 Å². The van der Waals surface area contributed by atoms with Gasteiger partial charge in [-0.3, -0.25) is 4.57 Å². The fourth-order valence-corrected chi connectivity index (χ4v) is 3.40. The first-order valence-corrected chi connectivity index (χ1v) is 8.24. The summed E-state index contributed by atoms with van der Waals surface area (Å²) in [5.74, 6) is -0.153. The predicted octanol–water partition coefficient (Wildman–Crippen LogP) is 1.66. The van der Waals surface area contributed by atoms with Crippen LogP contribution in [-0.2, 0) is 23.3 Å². The van der Waals surface area contributed by atoms with E-state index in [0.717, 1.165) is 0 Å². The second kappa shape index (κ2) is 7.16. The van der Waals surface area contributed by atoms with Gasteiger partial charge in [0.25, 0.3) is 0 Å². The lowest BCUT2D eigenvalue weighted by Gasteiger charge is -2.29. The van der Waals surface area contributed by atoms with Crippen molar-refractivity contribution >= 4 is 7.60 Å². The van der Waals surface area contributed by atoms with Crippen LogP contribution < -0.4 is 0 Å². The molecule has 0 aromatic rings. The molecule has 0 aliphatic carbocycles. The Morgan fingerprint density at radius 2 is 2.00 bits per heavy atom. The zero-order valence-corrected chi connectivity index (χ0v) is 13.1. The van der Waals surface area contributed by atoms with E-state index in [4.69, 9.17) is 14.2 Å². The van der Waals surface area contributed by atoms with E-state index in [9.17, 15) is 9.46 Å².